The van der Waals surface area contributed by atoms with Crippen LogP contribution in [0.3, 0.4) is 0 Å². The fraction of sp³-hybridized carbons (Fsp3) is 0.217. The number of nitrogens with zero attached hydrogens (tertiary/aromatic N) is 4. The van der Waals surface area contributed by atoms with Crippen LogP contribution in [0.5, 0.6) is 0 Å². The third kappa shape index (κ3) is 3.98. The second-order valence-electron chi connectivity index (χ2n) is 6.91. The van der Waals surface area contributed by atoms with Gasteiger partial charge in [0.2, 0.25) is 0 Å². The van der Waals surface area contributed by atoms with Crippen molar-refractivity contribution in [3.63, 3.8) is 0 Å². The molecule has 4 aromatic rings. The minimum atomic E-state index is 0.247. The Labute approximate surface area is 164 Å². The quantitative estimate of drug-likeness (QED) is 0.488. The van der Waals surface area contributed by atoms with E-state index >= 15 is 0 Å². The van der Waals surface area contributed by atoms with E-state index in [2.05, 4.69) is 25.4 Å². The van der Waals surface area contributed by atoms with E-state index in [1.807, 2.05) is 49.5 Å². The predicted octanol–water partition coefficient (Wildman–Crippen LogP) is 4.23. The summed E-state index contributed by atoms with van der Waals surface area (Å²) in [7, 11) is 0. The molecule has 0 aromatic carbocycles. The van der Waals surface area contributed by atoms with E-state index < -0.39 is 0 Å². The van der Waals surface area contributed by atoms with Crippen LogP contribution in [0.4, 0.5) is 0 Å². The first-order valence-electron chi connectivity index (χ1n) is 9.50. The maximum atomic E-state index is 12.3. The van der Waals surface area contributed by atoms with Crippen molar-refractivity contribution in [1.82, 2.24) is 19.4 Å². The second-order valence-corrected chi connectivity index (χ2v) is 6.91. The minimum absolute atomic E-state index is 0.247. The van der Waals surface area contributed by atoms with E-state index in [9.17, 15) is 4.79 Å². The molecule has 0 unspecified atom stereocenters. The van der Waals surface area contributed by atoms with Crippen LogP contribution in [0.25, 0.3) is 16.9 Å². The van der Waals surface area contributed by atoms with Gasteiger partial charge >= 0.3 is 0 Å². The molecule has 0 spiro atoms. The van der Waals surface area contributed by atoms with Crippen LogP contribution in [-0.2, 0) is 17.6 Å². The van der Waals surface area contributed by atoms with Gasteiger partial charge in [-0.25, -0.2) is 4.98 Å². The van der Waals surface area contributed by atoms with Crippen molar-refractivity contribution in [3.05, 3.63) is 84.2 Å². The lowest BCUT2D eigenvalue weighted by molar-refractivity contribution is -0.119. The van der Waals surface area contributed by atoms with E-state index in [0.717, 1.165) is 33.9 Å². The molecular formula is C23H22N4O. The molecule has 5 nitrogen and oxygen atoms in total. The maximum Gasteiger partial charge on any atom is 0.137 e. The van der Waals surface area contributed by atoms with Gasteiger partial charge in [-0.2, -0.15) is 0 Å². The summed E-state index contributed by atoms with van der Waals surface area (Å²) in [6.45, 7) is 2.03. The lowest BCUT2D eigenvalue weighted by Gasteiger charge is -2.04. The van der Waals surface area contributed by atoms with Gasteiger partial charge in [-0.3, -0.25) is 19.2 Å². The Balaban J connectivity index is 1.43. The number of carbonyl (C=O) groups is 1. The van der Waals surface area contributed by atoms with Gasteiger partial charge in [0, 0.05) is 48.9 Å². The molecule has 0 fully saturated rings. The van der Waals surface area contributed by atoms with E-state index in [4.69, 9.17) is 0 Å². The van der Waals surface area contributed by atoms with Gasteiger partial charge in [0.15, 0.2) is 0 Å². The van der Waals surface area contributed by atoms with E-state index in [-0.39, 0.29) is 5.78 Å². The number of pyridine rings is 3. The highest BCUT2D eigenvalue weighted by Crippen LogP contribution is 2.21. The van der Waals surface area contributed by atoms with Gasteiger partial charge in [0.1, 0.15) is 11.4 Å². The topological polar surface area (TPSA) is 60.2 Å². The first-order valence-corrected chi connectivity index (χ1v) is 9.50. The van der Waals surface area contributed by atoms with Crippen molar-refractivity contribution in [3.8, 4) is 11.3 Å². The largest absolute Gasteiger partial charge is 0.300 e. The molecule has 0 bridgehead atoms. The highest BCUT2D eigenvalue weighted by atomic mass is 16.1. The number of ketones is 1. The fourth-order valence-electron chi connectivity index (χ4n) is 3.37. The number of fused-ring (bicyclic) bond motifs is 1. The molecule has 0 amide bonds. The van der Waals surface area contributed by atoms with Crippen molar-refractivity contribution in [2.45, 2.75) is 32.6 Å². The Morgan fingerprint density at radius 1 is 0.964 bits per heavy atom. The van der Waals surface area contributed by atoms with Gasteiger partial charge in [-0.1, -0.05) is 12.1 Å². The molecular weight excluding hydrogens is 348 g/mol. The summed E-state index contributed by atoms with van der Waals surface area (Å²) in [4.78, 5) is 25.5. The first kappa shape index (κ1) is 18.0. The fourth-order valence-corrected chi connectivity index (χ4v) is 3.37. The first-order chi connectivity index (χ1) is 13.7. The molecule has 140 valence electrons. The van der Waals surface area contributed by atoms with Crippen LogP contribution >= 0.6 is 0 Å². The molecule has 4 heterocycles. The Kier molecular flexibility index (Phi) is 5.24. The van der Waals surface area contributed by atoms with E-state index in [0.29, 0.717) is 25.7 Å². The molecule has 0 N–H and O–H groups in total. The number of Topliss-reactive ketones (excluding diaryl/α,β-unsaturated/α-hetero) is 1. The number of hydrogen-bond donors (Lipinski definition) is 0. The van der Waals surface area contributed by atoms with Gasteiger partial charge in [0.05, 0.1) is 11.4 Å². The molecule has 0 radical (unpaired) electrons. The van der Waals surface area contributed by atoms with Gasteiger partial charge in [-0.05, 0) is 55.7 Å². The van der Waals surface area contributed by atoms with Gasteiger partial charge in [0.25, 0.3) is 0 Å². The Hall–Kier alpha value is -3.34. The molecule has 5 heteroatoms. The van der Waals surface area contributed by atoms with Crippen LogP contribution in [-0.4, -0.2) is 25.1 Å². The zero-order valence-electron chi connectivity index (χ0n) is 15.9. The number of imidazole rings is 1. The number of carbonyl (C=O) groups excluding carboxylic acids is 1. The smallest absolute Gasteiger partial charge is 0.137 e. The number of hydrogen-bond acceptors (Lipinski definition) is 4. The number of rotatable bonds is 7. The predicted molar refractivity (Wildman–Crippen MR) is 109 cm³/mol. The molecule has 0 aliphatic rings. The van der Waals surface area contributed by atoms with Crippen LogP contribution in [0.15, 0.2) is 67.3 Å². The molecule has 28 heavy (non-hydrogen) atoms. The maximum absolute atomic E-state index is 12.3. The third-order valence-electron chi connectivity index (χ3n) is 4.94. The standard InChI is InChI=1S/C23H22N4O/c1-17-4-3-13-25-21(17)10-9-20(28)8-7-19-16-27-22(5-2-6-23(27)26-19)18-11-14-24-15-12-18/h2-6,11-16H,7-10H2,1H3. The molecule has 0 saturated carbocycles. The summed E-state index contributed by atoms with van der Waals surface area (Å²) in [5.74, 6) is 0.247. The monoisotopic (exact) mass is 370 g/mol. The summed E-state index contributed by atoms with van der Waals surface area (Å²) in [5.41, 5.74) is 6.12. The molecule has 4 rings (SSSR count). The summed E-state index contributed by atoms with van der Waals surface area (Å²) >= 11 is 0. The summed E-state index contributed by atoms with van der Waals surface area (Å²) in [5, 5.41) is 0. The second kappa shape index (κ2) is 8.13. The number of aromatic nitrogens is 4. The summed E-state index contributed by atoms with van der Waals surface area (Å²) < 4.78 is 2.08. The zero-order valence-corrected chi connectivity index (χ0v) is 15.9. The average Bonchev–Trinajstić information content (AvgIpc) is 3.15. The van der Waals surface area contributed by atoms with Crippen LogP contribution in [0.2, 0.25) is 0 Å². The Morgan fingerprint density at radius 2 is 1.79 bits per heavy atom. The lowest BCUT2D eigenvalue weighted by Crippen LogP contribution is -2.04. The Morgan fingerprint density at radius 3 is 2.61 bits per heavy atom. The van der Waals surface area contributed by atoms with Crippen LogP contribution in [0.1, 0.15) is 29.8 Å². The van der Waals surface area contributed by atoms with Crippen LogP contribution in [0, 0.1) is 6.92 Å². The minimum Gasteiger partial charge on any atom is -0.300 e. The summed E-state index contributed by atoms with van der Waals surface area (Å²) in [6.07, 6.45) is 9.75. The highest BCUT2D eigenvalue weighted by molar-refractivity contribution is 5.78. The average molecular weight is 370 g/mol. The number of aryl methyl sites for hydroxylation is 3. The molecule has 0 atom stereocenters. The Bertz CT molecular complexity index is 1100. The third-order valence-corrected chi connectivity index (χ3v) is 4.94. The van der Waals surface area contributed by atoms with Crippen molar-refractivity contribution in [2.75, 3.05) is 0 Å². The SMILES string of the molecule is Cc1cccnc1CCC(=O)CCc1cn2c(-c3ccncc3)cccc2n1. The van der Waals surface area contributed by atoms with E-state index in [1.54, 1.807) is 18.6 Å². The van der Waals surface area contributed by atoms with Gasteiger partial charge < -0.3 is 0 Å². The van der Waals surface area contributed by atoms with Crippen molar-refractivity contribution in [2.24, 2.45) is 0 Å². The van der Waals surface area contributed by atoms with Gasteiger partial charge in [-0.15, -0.1) is 0 Å². The highest BCUT2D eigenvalue weighted by Gasteiger charge is 2.10. The molecule has 0 aliphatic carbocycles. The molecule has 4 aromatic heterocycles. The van der Waals surface area contributed by atoms with Crippen molar-refractivity contribution < 1.29 is 4.79 Å². The van der Waals surface area contributed by atoms with E-state index in [1.165, 1.54) is 0 Å². The lowest BCUT2D eigenvalue weighted by atomic mass is 10.1. The molecule has 0 aliphatic heterocycles. The van der Waals surface area contributed by atoms with Crippen molar-refractivity contribution >= 4 is 11.4 Å². The summed E-state index contributed by atoms with van der Waals surface area (Å²) in [6, 6.07) is 14.0. The zero-order chi connectivity index (χ0) is 19.3. The van der Waals surface area contributed by atoms with Crippen LogP contribution < -0.4 is 0 Å². The molecule has 0 saturated heterocycles. The normalized spacial score (nSPS) is 11.0. The van der Waals surface area contributed by atoms with Crippen molar-refractivity contribution in [1.29, 1.82) is 0 Å².